The number of hydrogen-bond acceptors (Lipinski definition) is 5. The van der Waals surface area contributed by atoms with Crippen LogP contribution in [0.3, 0.4) is 0 Å². The minimum absolute atomic E-state index is 0.136. The highest BCUT2D eigenvalue weighted by Gasteiger charge is 2.25. The van der Waals surface area contributed by atoms with Crippen molar-refractivity contribution in [2.75, 3.05) is 18.6 Å². The van der Waals surface area contributed by atoms with Gasteiger partial charge in [-0.25, -0.2) is 4.79 Å². The van der Waals surface area contributed by atoms with Crippen molar-refractivity contribution in [2.45, 2.75) is 37.8 Å². The standard InChI is InChI=1S/C25H28BrClN2O3S2/c1-4-12-33-25(34-13-5-2)21-19-14-17(26)10-11-20(19)29(23(21)27)15-16-8-6-7-9-18(16)22(24(30)31)28-32-3/h6-11,14,25H,4-5,12-13,15H2,1-3H3,(H,30,31). The van der Waals surface area contributed by atoms with Crippen molar-refractivity contribution in [3.05, 3.63) is 68.8 Å². The van der Waals surface area contributed by atoms with E-state index in [4.69, 9.17) is 16.4 Å². The van der Waals surface area contributed by atoms with Crippen LogP contribution in [0.2, 0.25) is 5.15 Å². The number of thioether (sulfide) groups is 2. The first-order chi connectivity index (χ1) is 16.4. The molecule has 0 spiro atoms. The number of carboxylic acids is 1. The highest BCUT2D eigenvalue weighted by atomic mass is 79.9. The summed E-state index contributed by atoms with van der Waals surface area (Å²) in [5, 5.41) is 15.2. The van der Waals surface area contributed by atoms with Gasteiger partial charge in [0.1, 0.15) is 12.3 Å². The molecule has 0 radical (unpaired) electrons. The van der Waals surface area contributed by atoms with E-state index in [0.717, 1.165) is 50.8 Å². The van der Waals surface area contributed by atoms with Crippen LogP contribution in [0.5, 0.6) is 0 Å². The maximum absolute atomic E-state index is 11.9. The summed E-state index contributed by atoms with van der Waals surface area (Å²) >= 11 is 14.6. The second-order valence-corrected chi connectivity index (χ2v) is 11.6. The van der Waals surface area contributed by atoms with Gasteiger partial charge in [0.15, 0.2) is 5.71 Å². The molecule has 182 valence electrons. The van der Waals surface area contributed by atoms with E-state index in [2.05, 4.69) is 51.6 Å². The maximum atomic E-state index is 11.9. The second-order valence-electron chi connectivity index (χ2n) is 7.61. The fourth-order valence-electron chi connectivity index (χ4n) is 3.72. The van der Waals surface area contributed by atoms with Crippen LogP contribution in [0, 0.1) is 0 Å². The lowest BCUT2D eigenvalue weighted by Crippen LogP contribution is -2.18. The number of carboxylic acid groups (broad SMARTS) is 1. The average molecular weight is 584 g/mol. The zero-order chi connectivity index (χ0) is 24.7. The minimum atomic E-state index is -1.14. The number of rotatable bonds is 12. The number of hydrogen-bond donors (Lipinski definition) is 1. The molecule has 1 aromatic heterocycles. The third-order valence-electron chi connectivity index (χ3n) is 5.17. The quantitative estimate of drug-likeness (QED) is 0.134. The lowest BCUT2D eigenvalue weighted by Gasteiger charge is -2.17. The normalized spacial score (nSPS) is 12.0. The van der Waals surface area contributed by atoms with E-state index in [1.54, 1.807) is 12.1 Å². The van der Waals surface area contributed by atoms with Crippen LogP contribution in [-0.4, -0.2) is 40.0 Å². The number of aliphatic carboxylic acids is 1. The van der Waals surface area contributed by atoms with Crippen molar-refractivity contribution in [2.24, 2.45) is 5.16 Å². The monoisotopic (exact) mass is 582 g/mol. The summed E-state index contributed by atoms with van der Waals surface area (Å²) in [5.74, 6) is 0.960. The Morgan fingerprint density at radius 1 is 1.18 bits per heavy atom. The molecule has 0 saturated carbocycles. The molecule has 2 aromatic carbocycles. The molecule has 5 nitrogen and oxygen atoms in total. The summed E-state index contributed by atoms with van der Waals surface area (Å²) in [5.41, 5.74) is 3.30. The van der Waals surface area contributed by atoms with Gasteiger partial charge in [-0.05, 0) is 48.1 Å². The number of oxime groups is 1. The Balaban J connectivity index is 2.16. The summed E-state index contributed by atoms with van der Waals surface area (Å²) < 4.78 is 3.27. The van der Waals surface area contributed by atoms with Crippen LogP contribution in [0.25, 0.3) is 10.9 Å². The molecule has 0 aliphatic carbocycles. The predicted molar refractivity (Wildman–Crippen MR) is 150 cm³/mol. The fourth-order valence-corrected chi connectivity index (χ4v) is 7.24. The van der Waals surface area contributed by atoms with Crippen LogP contribution in [0.4, 0.5) is 0 Å². The molecule has 0 bridgehead atoms. The Morgan fingerprint density at radius 2 is 1.85 bits per heavy atom. The van der Waals surface area contributed by atoms with Gasteiger partial charge in [-0.2, -0.15) is 0 Å². The molecule has 3 aromatic rings. The van der Waals surface area contributed by atoms with Gasteiger partial charge in [-0.3, -0.25) is 0 Å². The molecule has 0 atom stereocenters. The van der Waals surface area contributed by atoms with Crippen LogP contribution in [0.15, 0.2) is 52.1 Å². The van der Waals surface area contributed by atoms with E-state index < -0.39 is 5.97 Å². The summed E-state index contributed by atoms with van der Waals surface area (Å²) in [6.45, 7) is 4.79. The fraction of sp³-hybridized carbons (Fsp3) is 0.360. The van der Waals surface area contributed by atoms with Gasteiger partial charge in [0, 0.05) is 33.0 Å². The molecule has 0 unspecified atom stereocenters. The molecule has 0 aliphatic heterocycles. The zero-order valence-electron chi connectivity index (χ0n) is 19.4. The zero-order valence-corrected chi connectivity index (χ0v) is 23.4. The average Bonchev–Trinajstić information content (AvgIpc) is 3.08. The lowest BCUT2D eigenvalue weighted by atomic mass is 10.0. The van der Waals surface area contributed by atoms with Gasteiger partial charge < -0.3 is 14.5 Å². The first-order valence-corrected chi connectivity index (χ1v) is 14.3. The third kappa shape index (κ3) is 6.14. The van der Waals surface area contributed by atoms with Crippen molar-refractivity contribution in [1.29, 1.82) is 0 Å². The van der Waals surface area contributed by atoms with Crippen molar-refractivity contribution >= 4 is 73.6 Å². The van der Waals surface area contributed by atoms with E-state index in [0.29, 0.717) is 17.3 Å². The Morgan fingerprint density at radius 3 is 2.47 bits per heavy atom. The van der Waals surface area contributed by atoms with Crippen LogP contribution >= 0.6 is 51.1 Å². The summed E-state index contributed by atoms with van der Waals surface area (Å²) in [7, 11) is 1.34. The number of aromatic nitrogens is 1. The summed E-state index contributed by atoms with van der Waals surface area (Å²) in [4.78, 5) is 16.7. The number of benzene rings is 2. The number of halogens is 2. The molecule has 1 heterocycles. The SMILES string of the molecule is CCCSC(SCCC)c1c(Cl)n(Cc2ccccc2C(=NOC)C(=O)O)c2ccc(Br)cc12. The van der Waals surface area contributed by atoms with Gasteiger partial charge >= 0.3 is 5.97 Å². The first kappa shape index (κ1) is 27.0. The molecule has 9 heteroatoms. The minimum Gasteiger partial charge on any atom is -0.476 e. The van der Waals surface area contributed by atoms with E-state index in [1.807, 2.05) is 41.7 Å². The van der Waals surface area contributed by atoms with Gasteiger partial charge in [0.05, 0.1) is 4.58 Å². The van der Waals surface area contributed by atoms with Gasteiger partial charge in [0.25, 0.3) is 0 Å². The largest absolute Gasteiger partial charge is 0.476 e. The molecule has 34 heavy (non-hydrogen) atoms. The van der Waals surface area contributed by atoms with Crippen LogP contribution in [0.1, 0.15) is 48.0 Å². The lowest BCUT2D eigenvalue weighted by molar-refractivity contribution is -0.129. The number of fused-ring (bicyclic) bond motifs is 1. The molecule has 0 saturated heterocycles. The third-order valence-corrected chi connectivity index (χ3v) is 9.25. The molecule has 3 rings (SSSR count). The topological polar surface area (TPSA) is 63.8 Å². The Kier molecular flexibility index (Phi) is 10.2. The Bertz CT molecular complexity index is 1170. The van der Waals surface area contributed by atoms with Gasteiger partial charge in [-0.15, -0.1) is 23.5 Å². The first-order valence-electron chi connectivity index (χ1n) is 11.1. The number of nitrogens with zero attached hydrogens (tertiary/aromatic N) is 2. The van der Waals surface area contributed by atoms with Crippen molar-refractivity contribution in [3.63, 3.8) is 0 Å². The van der Waals surface area contributed by atoms with Crippen LogP contribution < -0.4 is 0 Å². The van der Waals surface area contributed by atoms with E-state index in [9.17, 15) is 9.90 Å². The molecular weight excluding hydrogens is 556 g/mol. The van der Waals surface area contributed by atoms with Crippen molar-refractivity contribution in [3.8, 4) is 0 Å². The van der Waals surface area contributed by atoms with Gasteiger partial charge in [-0.1, -0.05) is 70.8 Å². The molecule has 0 fully saturated rings. The van der Waals surface area contributed by atoms with Gasteiger partial charge in [0.2, 0.25) is 0 Å². The molecule has 0 aliphatic rings. The second kappa shape index (κ2) is 12.9. The molecule has 1 N–H and O–H groups in total. The highest BCUT2D eigenvalue weighted by Crippen LogP contribution is 2.48. The smallest absolute Gasteiger partial charge is 0.358 e. The maximum Gasteiger partial charge on any atom is 0.358 e. The Hall–Kier alpha value is -1.61. The van der Waals surface area contributed by atoms with Crippen LogP contribution in [-0.2, 0) is 16.2 Å². The summed E-state index contributed by atoms with van der Waals surface area (Å²) in [6, 6.07) is 13.5. The van der Waals surface area contributed by atoms with E-state index in [-0.39, 0.29) is 10.3 Å². The van der Waals surface area contributed by atoms with Crippen molar-refractivity contribution < 1.29 is 14.7 Å². The summed E-state index contributed by atoms with van der Waals surface area (Å²) in [6.07, 6.45) is 2.19. The highest BCUT2D eigenvalue weighted by molar-refractivity contribution is 9.10. The Labute approximate surface area is 222 Å². The number of carbonyl (C=O) groups is 1. The predicted octanol–water partition coefficient (Wildman–Crippen LogP) is 7.83. The molecule has 0 amide bonds. The van der Waals surface area contributed by atoms with E-state index >= 15 is 0 Å². The van der Waals surface area contributed by atoms with E-state index in [1.165, 1.54) is 7.11 Å². The molecular formula is C25H28BrClN2O3S2. The van der Waals surface area contributed by atoms with Crippen molar-refractivity contribution in [1.82, 2.24) is 4.57 Å².